The lowest BCUT2D eigenvalue weighted by atomic mass is 10.2. The van der Waals surface area contributed by atoms with Crippen molar-refractivity contribution in [3.8, 4) is 5.75 Å². The highest BCUT2D eigenvalue weighted by Gasteiger charge is 2.33. The molecule has 1 fully saturated rings. The van der Waals surface area contributed by atoms with E-state index in [1.807, 2.05) is 30.3 Å². The molecular weight excluding hydrogens is 230 g/mol. The summed E-state index contributed by atoms with van der Waals surface area (Å²) in [6, 6.07) is 9.42. The number of nitrogens with two attached hydrogens (primary N) is 1. The van der Waals surface area contributed by atoms with Crippen LogP contribution in [0.5, 0.6) is 5.75 Å². The highest BCUT2D eigenvalue weighted by atomic mass is 16.5. The van der Waals surface area contributed by atoms with E-state index in [0.717, 1.165) is 18.6 Å². The Balaban J connectivity index is 1.60. The Morgan fingerprint density at radius 1 is 1.33 bits per heavy atom. The zero-order valence-electron chi connectivity index (χ0n) is 9.95. The molecule has 1 saturated carbocycles. The van der Waals surface area contributed by atoms with Crippen molar-refractivity contribution in [1.29, 1.82) is 0 Å². The lowest BCUT2D eigenvalue weighted by molar-refractivity contribution is 0.283. The Bertz CT molecular complexity index is 508. The van der Waals surface area contributed by atoms with Crippen molar-refractivity contribution in [3.63, 3.8) is 0 Å². The van der Waals surface area contributed by atoms with Crippen molar-refractivity contribution < 1.29 is 9.26 Å². The number of nitrogens with zero attached hydrogens (tertiary/aromatic N) is 2. The third-order valence-electron chi connectivity index (χ3n) is 3.01. The average molecular weight is 245 g/mol. The fourth-order valence-corrected chi connectivity index (χ4v) is 1.78. The van der Waals surface area contributed by atoms with Crippen LogP contribution in [0.3, 0.4) is 0 Å². The molecule has 1 heterocycles. The van der Waals surface area contributed by atoms with Gasteiger partial charge in [0.2, 0.25) is 11.7 Å². The summed E-state index contributed by atoms with van der Waals surface area (Å²) >= 11 is 0. The summed E-state index contributed by atoms with van der Waals surface area (Å²) in [6.45, 7) is 0.297. The van der Waals surface area contributed by atoms with Crippen LogP contribution in [0.25, 0.3) is 0 Å². The normalized spacial score (nSPS) is 16.5. The second-order valence-electron chi connectivity index (χ2n) is 4.51. The van der Waals surface area contributed by atoms with Crippen LogP contribution < -0.4 is 10.5 Å². The maximum absolute atomic E-state index is 5.98. The van der Waals surface area contributed by atoms with E-state index in [-0.39, 0.29) is 6.04 Å². The largest absolute Gasteiger partial charge is 0.485 e. The molecule has 0 saturated heterocycles. The van der Waals surface area contributed by atoms with E-state index in [2.05, 4.69) is 10.1 Å². The Labute approximate surface area is 105 Å². The van der Waals surface area contributed by atoms with E-state index in [9.17, 15) is 0 Å². The minimum Gasteiger partial charge on any atom is -0.485 e. The van der Waals surface area contributed by atoms with E-state index in [1.54, 1.807) is 0 Å². The Kier molecular flexibility index (Phi) is 2.98. The van der Waals surface area contributed by atoms with Gasteiger partial charge in [0.15, 0.2) is 6.61 Å². The standard InChI is InChI=1S/C13H15N3O2/c14-12(9-6-7-9)13-15-11(16-18-13)8-17-10-4-2-1-3-5-10/h1-5,9,12H,6-8,14H2. The van der Waals surface area contributed by atoms with Crippen LogP contribution >= 0.6 is 0 Å². The molecule has 0 bridgehead atoms. The first kappa shape index (κ1) is 11.2. The molecule has 0 spiro atoms. The summed E-state index contributed by atoms with van der Waals surface area (Å²) < 4.78 is 10.7. The number of hydrogen-bond donors (Lipinski definition) is 1. The Morgan fingerprint density at radius 3 is 2.83 bits per heavy atom. The summed E-state index contributed by atoms with van der Waals surface area (Å²) in [4.78, 5) is 4.26. The predicted molar refractivity (Wildman–Crippen MR) is 64.7 cm³/mol. The van der Waals surface area contributed by atoms with Crippen LogP contribution in [0, 0.1) is 5.92 Å². The smallest absolute Gasteiger partial charge is 0.243 e. The minimum absolute atomic E-state index is 0.122. The summed E-state index contributed by atoms with van der Waals surface area (Å²) in [5.74, 6) is 2.35. The number of aromatic nitrogens is 2. The van der Waals surface area contributed by atoms with Gasteiger partial charge < -0.3 is 15.0 Å². The molecule has 1 aromatic heterocycles. The van der Waals surface area contributed by atoms with Gasteiger partial charge in [0, 0.05) is 0 Å². The van der Waals surface area contributed by atoms with Crippen LogP contribution in [-0.4, -0.2) is 10.1 Å². The molecule has 5 heteroatoms. The summed E-state index contributed by atoms with van der Waals surface area (Å²) in [5.41, 5.74) is 5.98. The minimum atomic E-state index is -0.122. The topological polar surface area (TPSA) is 74.2 Å². The van der Waals surface area contributed by atoms with Gasteiger partial charge in [-0.15, -0.1) is 0 Å². The molecule has 18 heavy (non-hydrogen) atoms. The van der Waals surface area contributed by atoms with Gasteiger partial charge in [-0.25, -0.2) is 0 Å². The summed E-state index contributed by atoms with van der Waals surface area (Å²) in [5, 5.41) is 3.87. The highest BCUT2D eigenvalue weighted by molar-refractivity contribution is 5.20. The molecule has 1 aromatic carbocycles. The number of para-hydroxylation sites is 1. The zero-order chi connectivity index (χ0) is 12.4. The van der Waals surface area contributed by atoms with Crippen LogP contribution in [0.1, 0.15) is 30.6 Å². The van der Waals surface area contributed by atoms with Crippen molar-refractivity contribution in [2.24, 2.45) is 11.7 Å². The lowest BCUT2D eigenvalue weighted by Gasteiger charge is -2.02. The van der Waals surface area contributed by atoms with Crippen LogP contribution in [0.2, 0.25) is 0 Å². The second-order valence-corrected chi connectivity index (χ2v) is 4.51. The second kappa shape index (κ2) is 4.78. The highest BCUT2D eigenvalue weighted by Crippen LogP contribution is 2.38. The fourth-order valence-electron chi connectivity index (χ4n) is 1.78. The predicted octanol–water partition coefficient (Wildman–Crippen LogP) is 2.06. The van der Waals surface area contributed by atoms with E-state index < -0.39 is 0 Å². The quantitative estimate of drug-likeness (QED) is 0.872. The molecule has 2 N–H and O–H groups in total. The zero-order valence-corrected chi connectivity index (χ0v) is 9.95. The van der Waals surface area contributed by atoms with Gasteiger partial charge in [0.1, 0.15) is 5.75 Å². The van der Waals surface area contributed by atoms with Crippen molar-refractivity contribution >= 4 is 0 Å². The van der Waals surface area contributed by atoms with Gasteiger partial charge >= 0.3 is 0 Å². The lowest BCUT2D eigenvalue weighted by Crippen LogP contribution is -2.12. The molecule has 0 amide bonds. The number of rotatable bonds is 5. The molecule has 0 aliphatic heterocycles. The molecule has 1 aliphatic rings. The molecular formula is C13H15N3O2. The van der Waals surface area contributed by atoms with E-state index in [0.29, 0.717) is 24.2 Å². The number of hydrogen-bond acceptors (Lipinski definition) is 5. The Hall–Kier alpha value is -1.88. The number of benzene rings is 1. The van der Waals surface area contributed by atoms with Crippen LogP contribution in [0.4, 0.5) is 0 Å². The van der Waals surface area contributed by atoms with E-state index in [1.165, 1.54) is 0 Å². The Morgan fingerprint density at radius 2 is 2.11 bits per heavy atom. The fraction of sp³-hybridized carbons (Fsp3) is 0.385. The SMILES string of the molecule is NC(c1nc(COc2ccccc2)no1)C1CC1. The first-order chi connectivity index (χ1) is 8.83. The maximum atomic E-state index is 5.98. The first-order valence-corrected chi connectivity index (χ1v) is 6.09. The van der Waals surface area contributed by atoms with Crippen LogP contribution in [-0.2, 0) is 6.61 Å². The van der Waals surface area contributed by atoms with Crippen molar-refractivity contribution in [1.82, 2.24) is 10.1 Å². The molecule has 0 radical (unpaired) electrons. The van der Waals surface area contributed by atoms with E-state index >= 15 is 0 Å². The average Bonchev–Trinajstić information content (AvgIpc) is 3.15. The van der Waals surface area contributed by atoms with Crippen molar-refractivity contribution in [2.75, 3.05) is 0 Å². The first-order valence-electron chi connectivity index (χ1n) is 6.09. The van der Waals surface area contributed by atoms with Gasteiger partial charge in [0.05, 0.1) is 6.04 Å². The van der Waals surface area contributed by atoms with Gasteiger partial charge in [-0.2, -0.15) is 4.98 Å². The molecule has 94 valence electrons. The van der Waals surface area contributed by atoms with Gasteiger partial charge in [-0.05, 0) is 30.9 Å². The third kappa shape index (κ3) is 2.51. The van der Waals surface area contributed by atoms with Gasteiger partial charge in [-0.1, -0.05) is 23.4 Å². The maximum Gasteiger partial charge on any atom is 0.243 e. The molecule has 1 aliphatic carbocycles. The number of ether oxygens (including phenoxy) is 1. The van der Waals surface area contributed by atoms with Gasteiger partial charge in [-0.3, -0.25) is 0 Å². The van der Waals surface area contributed by atoms with Crippen molar-refractivity contribution in [2.45, 2.75) is 25.5 Å². The van der Waals surface area contributed by atoms with Crippen molar-refractivity contribution in [3.05, 3.63) is 42.0 Å². The molecule has 5 nitrogen and oxygen atoms in total. The molecule has 1 atom stereocenters. The van der Waals surface area contributed by atoms with Gasteiger partial charge in [0.25, 0.3) is 0 Å². The third-order valence-corrected chi connectivity index (χ3v) is 3.01. The monoisotopic (exact) mass is 245 g/mol. The van der Waals surface area contributed by atoms with Crippen LogP contribution in [0.15, 0.2) is 34.9 Å². The molecule has 2 aromatic rings. The summed E-state index contributed by atoms with van der Waals surface area (Å²) in [7, 11) is 0. The molecule has 1 unspecified atom stereocenters. The summed E-state index contributed by atoms with van der Waals surface area (Å²) in [6.07, 6.45) is 2.30. The van der Waals surface area contributed by atoms with E-state index in [4.69, 9.17) is 15.0 Å². The molecule has 3 rings (SSSR count).